The lowest BCUT2D eigenvalue weighted by atomic mass is 9.96. The van der Waals surface area contributed by atoms with Crippen LogP contribution in [0.4, 0.5) is 0 Å². The standard InChI is InChI=1S/C11H15N3/c1-8-5-6-14-9(7-8)12-10(13-14)11(2,3)4/h5-7H,1-4H3. The van der Waals surface area contributed by atoms with Crippen molar-refractivity contribution in [1.82, 2.24) is 14.6 Å². The van der Waals surface area contributed by atoms with Crippen molar-refractivity contribution >= 4 is 5.65 Å². The molecule has 0 spiro atoms. The lowest BCUT2D eigenvalue weighted by Gasteiger charge is -2.11. The van der Waals surface area contributed by atoms with Gasteiger partial charge in [-0.3, -0.25) is 0 Å². The molecule has 0 atom stereocenters. The fraction of sp³-hybridized carbons (Fsp3) is 0.455. The molecule has 0 bridgehead atoms. The molecule has 2 heterocycles. The molecule has 3 heteroatoms. The molecule has 0 radical (unpaired) electrons. The molecule has 0 aliphatic carbocycles. The third kappa shape index (κ3) is 1.50. The molecular weight excluding hydrogens is 174 g/mol. The van der Waals surface area contributed by atoms with Crippen LogP contribution in [0.15, 0.2) is 18.3 Å². The van der Waals surface area contributed by atoms with Crippen molar-refractivity contribution in [1.29, 1.82) is 0 Å². The van der Waals surface area contributed by atoms with E-state index in [2.05, 4.69) is 37.8 Å². The average Bonchev–Trinajstić information content (AvgIpc) is 2.45. The second-order valence-electron chi connectivity index (χ2n) is 4.69. The highest BCUT2D eigenvalue weighted by Gasteiger charge is 2.19. The van der Waals surface area contributed by atoms with Gasteiger partial charge in [-0.2, -0.15) is 5.10 Å². The molecule has 0 aliphatic heterocycles. The predicted octanol–water partition coefficient (Wildman–Crippen LogP) is 2.34. The summed E-state index contributed by atoms with van der Waals surface area (Å²) in [7, 11) is 0. The van der Waals surface area contributed by atoms with Gasteiger partial charge in [0.15, 0.2) is 11.5 Å². The zero-order valence-corrected chi connectivity index (χ0v) is 9.07. The molecule has 0 unspecified atom stereocenters. The van der Waals surface area contributed by atoms with Crippen LogP contribution in [0.1, 0.15) is 32.2 Å². The Hall–Kier alpha value is -1.38. The van der Waals surface area contributed by atoms with Gasteiger partial charge >= 0.3 is 0 Å². The van der Waals surface area contributed by atoms with Gasteiger partial charge in [0.2, 0.25) is 0 Å². The Morgan fingerprint density at radius 2 is 2.00 bits per heavy atom. The fourth-order valence-electron chi connectivity index (χ4n) is 1.30. The Balaban J connectivity index is 2.63. The van der Waals surface area contributed by atoms with Crippen molar-refractivity contribution < 1.29 is 0 Å². The number of hydrogen-bond acceptors (Lipinski definition) is 2. The summed E-state index contributed by atoms with van der Waals surface area (Å²) in [6, 6.07) is 4.08. The second kappa shape index (κ2) is 2.80. The van der Waals surface area contributed by atoms with Gasteiger partial charge in [0.05, 0.1) is 0 Å². The van der Waals surface area contributed by atoms with E-state index in [1.54, 1.807) is 0 Å². The number of pyridine rings is 1. The summed E-state index contributed by atoms with van der Waals surface area (Å²) in [5.41, 5.74) is 2.15. The smallest absolute Gasteiger partial charge is 0.157 e. The number of nitrogens with zero attached hydrogens (tertiary/aromatic N) is 3. The lowest BCUT2D eigenvalue weighted by Crippen LogP contribution is -2.13. The first-order chi connectivity index (χ1) is 6.47. The van der Waals surface area contributed by atoms with Crippen LogP contribution in [-0.4, -0.2) is 14.6 Å². The molecular formula is C11H15N3. The summed E-state index contributed by atoms with van der Waals surface area (Å²) in [5.74, 6) is 0.892. The molecule has 0 N–H and O–H groups in total. The Labute approximate surface area is 83.8 Å². The molecule has 14 heavy (non-hydrogen) atoms. The van der Waals surface area contributed by atoms with Crippen molar-refractivity contribution in [2.45, 2.75) is 33.1 Å². The van der Waals surface area contributed by atoms with Crippen LogP contribution in [0.3, 0.4) is 0 Å². The minimum Gasteiger partial charge on any atom is -0.221 e. The summed E-state index contributed by atoms with van der Waals surface area (Å²) in [5, 5.41) is 4.43. The van der Waals surface area contributed by atoms with Crippen LogP contribution in [0.5, 0.6) is 0 Å². The van der Waals surface area contributed by atoms with E-state index < -0.39 is 0 Å². The number of hydrogen-bond donors (Lipinski definition) is 0. The van der Waals surface area contributed by atoms with E-state index in [0.717, 1.165) is 11.5 Å². The molecule has 0 fully saturated rings. The van der Waals surface area contributed by atoms with Crippen molar-refractivity contribution in [2.75, 3.05) is 0 Å². The molecule has 0 amide bonds. The molecule has 74 valence electrons. The highest BCUT2D eigenvalue weighted by atomic mass is 15.3. The molecule has 0 aromatic carbocycles. The Bertz CT molecular complexity index is 463. The Kier molecular flexibility index (Phi) is 1.84. The van der Waals surface area contributed by atoms with Crippen LogP contribution in [0, 0.1) is 6.92 Å². The Morgan fingerprint density at radius 3 is 2.64 bits per heavy atom. The number of aryl methyl sites for hydroxylation is 1. The van der Waals surface area contributed by atoms with Gasteiger partial charge < -0.3 is 0 Å². The van der Waals surface area contributed by atoms with Crippen molar-refractivity contribution in [3.8, 4) is 0 Å². The minimum atomic E-state index is 0.0138. The second-order valence-corrected chi connectivity index (χ2v) is 4.69. The summed E-state index contributed by atoms with van der Waals surface area (Å²) in [6.07, 6.45) is 1.95. The number of rotatable bonds is 0. The van der Waals surface area contributed by atoms with Gasteiger partial charge in [0.1, 0.15) is 0 Å². The topological polar surface area (TPSA) is 30.2 Å². The molecule has 0 aliphatic rings. The zero-order valence-electron chi connectivity index (χ0n) is 9.07. The SMILES string of the molecule is Cc1ccn2nc(C(C)(C)C)nc2c1. The van der Waals surface area contributed by atoms with E-state index in [1.807, 2.05) is 22.8 Å². The maximum absolute atomic E-state index is 4.50. The summed E-state index contributed by atoms with van der Waals surface area (Å²) >= 11 is 0. The van der Waals surface area contributed by atoms with E-state index in [9.17, 15) is 0 Å². The van der Waals surface area contributed by atoms with E-state index in [1.165, 1.54) is 5.56 Å². The van der Waals surface area contributed by atoms with Crippen LogP contribution in [0.2, 0.25) is 0 Å². The van der Waals surface area contributed by atoms with Crippen molar-refractivity contribution in [3.63, 3.8) is 0 Å². The van der Waals surface area contributed by atoms with E-state index in [4.69, 9.17) is 0 Å². The Morgan fingerprint density at radius 1 is 1.29 bits per heavy atom. The maximum Gasteiger partial charge on any atom is 0.157 e. The van der Waals surface area contributed by atoms with Crippen LogP contribution < -0.4 is 0 Å². The molecule has 2 aromatic rings. The largest absolute Gasteiger partial charge is 0.221 e. The van der Waals surface area contributed by atoms with Crippen molar-refractivity contribution in [3.05, 3.63) is 29.7 Å². The first-order valence-electron chi connectivity index (χ1n) is 4.80. The molecule has 0 saturated heterocycles. The van der Waals surface area contributed by atoms with Crippen molar-refractivity contribution in [2.24, 2.45) is 0 Å². The molecule has 3 nitrogen and oxygen atoms in total. The summed E-state index contributed by atoms with van der Waals surface area (Å²) in [4.78, 5) is 4.50. The minimum absolute atomic E-state index is 0.0138. The zero-order chi connectivity index (χ0) is 10.3. The first kappa shape index (κ1) is 9.19. The monoisotopic (exact) mass is 189 g/mol. The van der Waals surface area contributed by atoms with Gasteiger partial charge in [0, 0.05) is 11.6 Å². The number of fused-ring (bicyclic) bond motifs is 1. The van der Waals surface area contributed by atoms with Gasteiger partial charge in [-0.05, 0) is 24.6 Å². The molecule has 0 saturated carbocycles. The lowest BCUT2D eigenvalue weighted by molar-refractivity contribution is 0.545. The predicted molar refractivity (Wildman–Crippen MR) is 56.4 cm³/mol. The molecule has 2 aromatic heterocycles. The van der Waals surface area contributed by atoms with Crippen LogP contribution >= 0.6 is 0 Å². The number of aromatic nitrogens is 3. The highest BCUT2D eigenvalue weighted by Crippen LogP contribution is 2.18. The third-order valence-corrected chi connectivity index (χ3v) is 2.16. The maximum atomic E-state index is 4.50. The van der Waals surface area contributed by atoms with E-state index in [-0.39, 0.29) is 5.41 Å². The van der Waals surface area contributed by atoms with Gasteiger partial charge in [-0.1, -0.05) is 20.8 Å². The van der Waals surface area contributed by atoms with E-state index >= 15 is 0 Å². The third-order valence-electron chi connectivity index (χ3n) is 2.16. The average molecular weight is 189 g/mol. The van der Waals surface area contributed by atoms with Gasteiger partial charge in [0.25, 0.3) is 0 Å². The van der Waals surface area contributed by atoms with Gasteiger partial charge in [-0.25, -0.2) is 9.50 Å². The van der Waals surface area contributed by atoms with Crippen LogP contribution in [0.25, 0.3) is 5.65 Å². The van der Waals surface area contributed by atoms with Gasteiger partial charge in [-0.15, -0.1) is 0 Å². The first-order valence-corrected chi connectivity index (χ1v) is 4.80. The fourth-order valence-corrected chi connectivity index (χ4v) is 1.30. The quantitative estimate of drug-likeness (QED) is 0.636. The van der Waals surface area contributed by atoms with E-state index in [0.29, 0.717) is 0 Å². The van der Waals surface area contributed by atoms with Crippen LogP contribution in [-0.2, 0) is 5.41 Å². The summed E-state index contributed by atoms with van der Waals surface area (Å²) < 4.78 is 1.83. The molecule has 2 rings (SSSR count). The highest BCUT2D eigenvalue weighted by molar-refractivity contribution is 5.40. The summed E-state index contributed by atoms with van der Waals surface area (Å²) in [6.45, 7) is 8.42. The normalized spacial score (nSPS) is 12.3.